The van der Waals surface area contributed by atoms with Gasteiger partial charge in [-0.15, -0.1) is 0 Å². The molecule has 1 rings (SSSR count). The number of carbonyl (C=O) groups is 2. The Hall–Kier alpha value is -0.940. The zero-order chi connectivity index (χ0) is 9.84. The molecule has 74 valence electrons. The van der Waals surface area contributed by atoms with Crippen molar-refractivity contribution < 1.29 is 19.1 Å². The Morgan fingerprint density at radius 2 is 2.00 bits per heavy atom. The first-order chi connectivity index (χ1) is 6.17. The van der Waals surface area contributed by atoms with Crippen molar-refractivity contribution in [2.24, 2.45) is 0 Å². The van der Waals surface area contributed by atoms with Crippen LogP contribution < -0.4 is 0 Å². The van der Waals surface area contributed by atoms with E-state index in [0.717, 1.165) is 0 Å². The van der Waals surface area contributed by atoms with Crippen molar-refractivity contribution in [3.8, 4) is 0 Å². The second kappa shape index (κ2) is 4.34. The van der Waals surface area contributed by atoms with Gasteiger partial charge in [0.1, 0.15) is 0 Å². The molecular weight excluding hydrogens is 174 g/mol. The van der Waals surface area contributed by atoms with Crippen molar-refractivity contribution in [1.82, 2.24) is 4.90 Å². The van der Waals surface area contributed by atoms with Gasteiger partial charge in [0.25, 0.3) is 0 Å². The first-order valence-corrected chi connectivity index (χ1v) is 4.02. The SMILES string of the molecule is COC(CN1CC(=O)CC1=O)OC. The molecule has 5 heteroatoms. The molecule has 1 amide bonds. The molecule has 1 saturated heterocycles. The maximum atomic E-state index is 11.1. The summed E-state index contributed by atoms with van der Waals surface area (Å²) in [7, 11) is 2.99. The number of amides is 1. The number of hydrogen-bond acceptors (Lipinski definition) is 4. The maximum absolute atomic E-state index is 11.1. The minimum atomic E-state index is -0.449. The van der Waals surface area contributed by atoms with Crippen LogP contribution in [0.15, 0.2) is 0 Å². The Labute approximate surface area is 76.6 Å². The average Bonchev–Trinajstić information content (AvgIpc) is 2.41. The van der Waals surface area contributed by atoms with Crippen LogP contribution in [0.1, 0.15) is 6.42 Å². The van der Waals surface area contributed by atoms with Crippen molar-refractivity contribution in [2.45, 2.75) is 12.7 Å². The largest absolute Gasteiger partial charge is 0.354 e. The summed E-state index contributed by atoms with van der Waals surface area (Å²) in [5, 5.41) is 0. The second-order valence-electron chi connectivity index (χ2n) is 2.89. The Morgan fingerprint density at radius 3 is 2.38 bits per heavy atom. The lowest BCUT2D eigenvalue weighted by Crippen LogP contribution is -2.35. The second-order valence-corrected chi connectivity index (χ2v) is 2.89. The van der Waals surface area contributed by atoms with E-state index < -0.39 is 6.29 Å². The number of ketones is 1. The molecular formula is C8H13NO4. The predicted molar refractivity (Wildman–Crippen MR) is 44.0 cm³/mol. The minimum absolute atomic E-state index is 0.0140. The molecule has 5 nitrogen and oxygen atoms in total. The van der Waals surface area contributed by atoms with Crippen molar-refractivity contribution in [2.75, 3.05) is 27.3 Å². The van der Waals surface area contributed by atoms with E-state index in [1.807, 2.05) is 0 Å². The van der Waals surface area contributed by atoms with Gasteiger partial charge in [-0.3, -0.25) is 9.59 Å². The molecule has 0 aliphatic carbocycles. The number of hydrogen-bond donors (Lipinski definition) is 0. The fraction of sp³-hybridized carbons (Fsp3) is 0.750. The van der Waals surface area contributed by atoms with Gasteiger partial charge in [0.05, 0.1) is 19.5 Å². The average molecular weight is 187 g/mol. The molecule has 13 heavy (non-hydrogen) atoms. The van der Waals surface area contributed by atoms with Crippen LogP contribution in [-0.2, 0) is 19.1 Å². The smallest absolute Gasteiger partial charge is 0.230 e. The number of nitrogens with zero attached hydrogens (tertiary/aromatic N) is 1. The van der Waals surface area contributed by atoms with Crippen LogP contribution in [0.2, 0.25) is 0 Å². The molecule has 0 aromatic heterocycles. The highest BCUT2D eigenvalue weighted by Crippen LogP contribution is 2.08. The van der Waals surface area contributed by atoms with Gasteiger partial charge in [-0.05, 0) is 0 Å². The minimum Gasteiger partial charge on any atom is -0.354 e. The lowest BCUT2D eigenvalue weighted by molar-refractivity contribution is -0.141. The van der Waals surface area contributed by atoms with Crippen LogP contribution in [0, 0.1) is 0 Å². The fourth-order valence-corrected chi connectivity index (χ4v) is 1.23. The Morgan fingerprint density at radius 1 is 1.38 bits per heavy atom. The van der Waals surface area contributed by atoms with E-state index in [4.69, 9.17) is 9.47 Å². The van der Waals surface area contributed by atoms with E-state index in [0.29, 0.717) is 6.54 Å². The maximum Gasteiger partial charge on any atom is 0.230 e. The molecule has 0 N–H and O–H groups in total. The van der Waals surface area contributed by atoms with Gasteiger partial charge >= 0.3 is 0 Å². The summed E-state index contributed by atoms with van der Waals surface area (Å²) in [6.07, 6.45) is -0.435. The van der Waals surface area contributed by atoms with Crippen molar-refractivity contribution in [3.05, 3.63) is 0 Å². The van der Waals surface area contributed by atoms with Crippen LogP contribution in [-0.4, -0.2) is 50.2 Å². The number of ether oxygens (including phenoxy) is 2. The third-order valence-electron chi connectivity index (χ3n) is 1.96. The number of Topliss-reactive ketones (excluding diaryl/α,β-unsaturated/α-hetero) is 1. The summed E-state index contributed by atoms with van der Waals surface area (Å²) < 4.78 is 9.84. The van der Waals surface area contributed by atoms with Crippen molar-refractivity contribution in [3.63, 3.8) is 0 Å². The van der Waals surface area contributed by atoms with Crippen LogP contribution in [0.25, 0.3) is 0 Å². The zero-order valence-corrected chi connectivity index (χ0v) is 7.78. The fourth-order valence-electron chi connectivity index (χ4n) is 1.23. The van der Waals surface area contributed by atoms with Crippen LogP contribution >= 0.6 is 0 Å². The van der Waals surface area contributed by atoms with Gasteiger partial charge in [0.15, 0.2) is 12.1 Å². The molecule has 0 aromatic rings. The van der Waals surface area contributed by atoms with Gasteiger partial charge < -0.3 is 14.4 Å². The van der Waals surface area contributed by atoms with E-state index in [2.05, 4.69) is 0 Å². The van der Waals surface area contributed by atoms with E-state index in [9.17, 15) is 9.59 Å². The lowest BCUT2D eigenvalue weighted by atomic mass is 10.3. The highest BCUT2D eigenvalue weighted by Gasteiger charge is 2.29. The standard InChI is InChI=1S/C8H13NO4/c1-12-8(13-2)5-9-4-6(10)3-7(9)11/h8H,3-5H2,1-2H3. The van der Waals surface area contributed by atoms with Crippen LogP contribution in [0.5, 0.6) is 0 Å². The molecule has 1 fully saturated rings. The summed E-state index contributed by atoms with van der Waals surface area (Å²) in [6.45, 7) is 0.500. The van der Waals surface area contributed by atoms with E-state index in [1.165, 1.54) is 19.1 Å². The normalized spacial score (nSPS) is 17.6. The molecule has 0 saturated carbocycles. The topological polar surface area (TPSA) is 55.8 Å². The van der Waals surface area contributed by atoms with Gasteiger partial charge in [0.2, 0.25) is 5.91 Å². The summed E-state index contributed by atoms with van der Waals surface area (Å²) in [5.41, 5.74) is 0. The predicted octanol–water partition coefficient (Wildman–Crippen LogP) is -0.593. The van der Waals surface area contributed by atoms with E-state index in [1.54, 1.807) is 0 Å². The van der Waals surface area contributed by atoms with Gasteiger partial charge in [-0.2, -0.15) is 0 Å². The molecule has 0 spiro atoms. The number of rotatable bonds is 4. The molecule has 1 aliphatic heterocycles. The molecule has 1 heterocycles. The third kappa shape index (κ3) is 2.50. The van der Waals surface area contributed by atoms with E-state index in [-0.39, 0.29) is 24.7 Å². The Kier molecular flexibility index (Phi) is 3.39. The van der Waals surface area contributed by atoms with Crippen molar-refractivity contribution in [1.29, 1.82) is 0 Å². The molecule has 0 bridgehead atoms. The van der Waals surface area contributed by atoms with Gasteiger partial charge in [-0.25, -0.2) is 0 Å². The first kappa shape index (κ1) is 10.1. The van der Waals surface area contributed by atoms with E-state index >= 15 is 0 Å². The highest BCUT2D eigenvalue weighted by atomic mass is 16.7. The Bertz CT molecular complexity index is 212. The summed E-state index contributed by atoms with van der Waals surface area (Å²) in [5.74, 6) is -0.194. The summed E-state index contributed by atoms with van der Waals surface area (Å²) in [4.78, 5) is 23.5. The summed E-state index contributed by atoms with van der Waals surface area (Å²) >= 11 is 0. The lowest BCUT2D eigenvalue weighted by Gasteiger charge is -2.20. The number of carbonyl (C=O) groups excluding carboxylic acids is 2. The number of methoxy groups -OCH3 is 2. The van der Waals surface area contributed by atoms with Gasteiger partial charge in [0, 0.05) is 14.2 Å². The molecule has 0 aromatic carbocycles. The van der Waals surface area contributed by atoms with Gasteiger partial charge in [-0.1, -0.05) is 0 Å². The Balaban J connectivity index is 2.44. The monoisotopic (exact) mass is 187 g/mol. The zero-order valence-electron chi connectivity index (χ0n) is 7.78. The first-order valence-electron chi connectivity index (χ1n) is 4.02. The highest BCUT2D eigenvalue weighted by molar-refractivity contribution is 6.05. The molecule has 0 unspecified atom stereocenters. The van der Waals surface area contributed by atoms with Crippen LogP contribution in [0.4, 0.5) is 0 Å². The molecule has 0 radical (unpaired) electrons. The summed E-state index contributed by atoms with van der Waals surface area (Å²) in [6, 6.07) is 0. The molecule has 0 atom stereocenters. The third-order valence-corrected chi connectivity index (χ3v) is 1.96. The number of likely N-dealkylation sites (tertiary alicyclic amines) is 1. The van der Waals surface area contributed by atoms with Crippen molar-refractivity contribution >= 4 is 11.7 Å². The van der Waals surface area contributed by atoms with Crippen LogP contribution in [0.3, 0.4) is 0 Å². The molecule has 1 aliphatic rings. The quantitative estimate of drug-likeness (QED) is 0.436.